The van der Waals surface area contributed by atoms with Crippen LogP contribution < -0.4 is 4.74 Å². The standard InChI is InChI=1S/C18H25NO4/c1-3-14-5-4-6-16(13-14)23-15-9-11-19(12-10-15)17(20)7-8-18(21)22-2/h4-6,13,15H,3,7-12H2,1-2H3. The predicted molar refractivity (Wildman–Crippen MR) is 87.3 cm³/mol. The molecule has 1 fully saturated rings. The molecule has 0 N–H and O–H groups in total. The third-order valence-corrected chi connectivity index (χ3v) is 4.17. The Labute approximate surface area is 137 Å². The molecule has 1 heterocycles. The van der Waals surface area contributed by atoms with Crippen molar-refractivity contribution in [2.75, 3.05) is 20.2 Å². The summed E-state index contributed by atoms with van der Waals surface area (Å²) < 4.78 is 10.6. The van der Waals surface area contributed by atoms with Crippen molar-refractivity contribution >= 4 is 11.9 Å². The van der Waals surface area contributed by atoms with Crippen LogP contribution in [-0.2, 0) is 20.7 Å². The Morgan fingerprint density at radius 3 is 2.61 bits per heavy atom. The normalized spacial score (nSPS) is 15.3. The maximum Gasteiger partial charge on any atom is 0.306 e. The molecule has 23 heavy (non-hydrogen) atoms. The zero-order chi connectivity index (χ0) is 16.7. The highest BCUT2D eigenvalue weighted by Crippen LogP contribution is 2.21. The van der Waals surface area contributed by atoms with Gasteiger partial charge in [-0.25, -0.2) is 0 Å². The maximum absolute atomic E-state index is 12.0. The van der Waals surface area contributed by atoms with E-state index in [-0.39, 0.29) is 30.8 Å². The maximum atomic E-state index is 12.0. The first-order chi connectivity index (χ1) is 11.1. The Morgan fingerprint density at radius 1 is 1.22 bits per heavy atom. The van der Waals surface area contributed by atoms with Crippen molar-refractivity contribution in [1.82, 2.24) is 4.90 Å². The fourth-order valence-corrected chi connectivity index (χ4v) is 2.72. The molecule has 5 heteroatoms. The van der Waals surface area contributed by atoms with Gasteiger partial charge in [0.25, 0.3) is 0 Å². The van der Waals surface area contributed by atoms with Gasteiger partial charge in [-0.3, -0.25) is 9.59 Å². The number of methoxy groups -OCH3 is 1. The van der Waals surface area contributed by atoms with Crippen LogP contribution in [0, 0.1) is 0 Å². The highest BCUT2D eigenvalue weighted by molar-refractivity contribution is 5.81. The average Bonchev–Trinajstić information content (AvgIpc) is 2.60. The van der Waals surface area contributed by atoms with E-state index in [9.17, 15) is 9.59 Å². The molecule has 1 aromatic rings. The summed E-state index contributed by atoms with van der Waals surface area (Å²) in [5, 5.41) is 0. The summed E-state index contributed by atoms with van der Waals surface area (Å²) in [7, 11) is 1.34. The minimum atomic E-state index is -0.340. The number of esters is 1. The van der Waals surface area contributed by atoms with E-state index in [1.807, 2.05) is 17.0 Å². The number of carbonyl (C=O) groups excluding carboxylic acids is 2. The molecule has 1 aliphatic rings. The third-order valence-electron chi connectivity index (χ3n) is 4.17. The predicted octanol–water partition coefficient (Wildman–Crippen LogP) is 2.57. The smallest absolute Gasteiger partial charge is 0.306 e. The monoisotopic (exact) mass is 319 g/mol. The topological polar surface area (TPSA) is 55.8 Å². The molecular weight excluding hydrogens is 294 g/mol. The van der Waals surface area contributed by atoms with Gasteiger partial charge in [-0.05, 0) is 24.1 Å². The largest absolute Gasteiger partial charge is 0.490 e. The number of benzene rings is 1. The van der Waals surface area contributed by atoms with Gasteiger partial charge in [0.2, 0.25) is 5.91 Å². The van der Waals surface area contributed by atoms with Crippen molar-refractivity contribution in [1.29, 1.82) is 0 Å². The molecule has 0 unspecified atom stereocenters. The molecule has 126 valence electrons. The Balaban J connectivity index is 1.77. The second kappa shape index (κ2) is 8.56. The minimum absolute atomic E-state index is 0.0156. The second-order valence-electron chi connectivity index (χ2n) is 5.78. The van der Waals surface area contributed by atoms with E-state index >= 15 is 0 Å². The molecule has 0 radical (unpaired) electrons. The number of carbonyl (C=O) groups is 2. The number of piperidine rings is 1. The van der Waals surface area contributed by atoms with Crippen molar-refractivity contribution in [3.05, 3.63) is 29.8 Å². The third kappa shape index (κ3) is 5.27. The van der Waals surface area contributed by atoms with Crippen LogP contribution >= 0.6 is 0 Å². The summed E-state index contributed by atoms with van der Waals surface area (Å²) in [6.07, 6.45) is 3.14. The summed E-state index contributed by atoms with van der Waals surface area (Å²) >= 11 is 0. The van der Waals surface area contributed by atoms with Crippen LogP contribution in [0.5, 0.6) is 5.75 Å². The molecule has 0 aliphatic carbocycles. The van der Waals surface area contributed by atoms with Gasteiger partial charge in [-0.2, -0.15) is 0 Å². The van der Waals surface area contributed by atoms with E-state index in [0.29, 0.717) is 13.1 Å². The molecule has 1 aromatic carbocycles. The molecule has 1 saturated heterocycles. The summed E-state index contributed by atoms with van der Waals surface area (Å²) in [4.78, 5) is 24.9. The molecule has 0 atom stereocenters. The first-order valence-corrected chi connectivity index (χ1v) is 8.22. The van der Waals surface area contributed by atoms with Crippen LogP contribution in [0.3, 0.4) is 0 Å². The molecule has 0 saturated carbocycles. The van der Waals surface area contributed by atoms with E-state index in [4.69, 9.17) is 4.74 Å². The SMILES string of the molecule is CCc1cccc(OC2CCN(C(=O)CCC(=O)OC)CC2)c1. The highest BCUT2D eigenvalue weighted by Gasteiger charge is 2.24. The van der Waals surface area contributed by atoms with Crippen molar-refractivity contribution < 1.29 is 19.1 Å². The molecule has 0 bridgehead atoms. The number of amides is 1. The fourth-order valence-electron chi connectivity index (χ4n) is 2.72. The molecule has 1 aliphatic heterocycles. The Hall–Kier alpha value is -2.04. The fraction of sp³-hybridized carbons (Fsp3) is 0.556. The lowest BCUT2D eigenvalue weighted by Crippen LogP contribution is -2.41. The van der Waals surface area contributed by atoms with E-state index in [1.54, 1.807) is 0 Å². The van der Waals surface area contributed by atoms with Gasteiger partial charge in [0.05, 0.1) is 13.5 Å². The van der Waals surface area contributed by atoms with E-state index in [2.05, 4.69) is 23.8 Å². The van der Waals surface area contributed by atoms with Gasteiger partial charge >= 0.3 is 5.97 Å². The molecule has 1 amide bonds. The summed E-state index contributed by atoms with van der Waals surface area (Å²) in [5.74, 6) is 0.578. The molecule has 2 rings (SSSR count). The van der Waals surface area contributed by atoms with Gasteiger partial charge < -0.3 is 14.4 Å². The lowest BCUT2D eigenvalue weighted by atomic mass is 10.1. The molecule has 5 nitrogen and oxygen atoms in total. The molecular formula is C18H25NO4. The number of nitrogens with zero attached hydrogens (tertiary/aromatic N) is 1. The van der Waals surface area contributed by atoms with Gasteiger partial charge in [0.1, 0.15) is 11.9 Å². The average molecular weight is 319 g/mol. The Bertz CT molecular complexity index is 536. The van der Waals surface area contributed by atoms with Crippen molar-refractivity contribution in [3.8, 4) is 5.75 Å². The van der Waals surface area contributed by atoms with Crippen molar-refractivity contribution in [2.45, 2.75) is 45.1 Å². The van der Waals surface area contributed by atoms with Gasteiger partial charge in [0.15, 0.2) is 0 Å². The van der Waals surface area contributed by atoms with Crippen LogP contribution in [0.2, 0.25) is 0 Å². The number of ether oxygens (including phenoxy) is 2. The second-order valence-corrected chi connectivity index (χ2v) is 5.78. The number of likely N-dealkylation sites (tertiary alicyclic amines) is 1. The zero-order valence-electron chi connectivity index (χ0n) is 13.9. The number of hydrogen-bond donors (Lipinski definition) is 0. The number of aryl methyl sites for hydroxylation is 1. The minimum Gasteiger partial charge on any atom is -0.490 e. The van der Waals surface area contributed by atoms with Gasteiger partial charge in [0, 0.05) is 32.4 Å². The van der Waals surface area contributed by atoms with Crippen LogP contribution in [0.1, 0.15) is 38.2 Å². The van der Waals surface area contributed by atoms with Crippen LogP contribution in [0.4, 0.5) is 0 Å². The Kier molecular flexibility index (Phi) is 6.44. The highest BCUT2D eigenvalue weighted by atomic mass is 16.5. The van der Waals surface area contributed by atoms with Crippen molar-refractivity contribution in [2.24, 2.45) is 0 Å². The number of rotatable bonds is 6. The molecule has 0 spiro atoms. The Morgan fingerprint density at radius 2 is 1.96 bits per heavy atom. The van der Waals surface area contributed by atoms with Crippen LogP contribution in [-0.4, -0.2) is 43.1 Å². The lowest BCUT2D eigenvalue weighted by Gasteiger charge is -2.32. The van der Waals surface area contributed by atoms with E-state index in [0.717, 1.165) is 25.0 Å². The van der Waals surface area contributed by atoms with E-state index < -0.39 is 0 Å². The van der Waals surface area contributed by atoms with E-state index in [1.165, 1.54) is 12.7 Å². The zero-order valence-corrected chi connectivity index (χ0v) is 13.9. The summed E-state index contributed by atoms with van der Waals surface area (Å²) in [6, 6.07) is 8.16. The van der Waals surface area contributed by atoms with Crippen molar-refractivity contribution in [3.63, 3.8) is 0 Å². The number of hydrogen-bond acceptors (Lipinski definition) is 4. The van der Waals surface area contributed by atoms with Gasteiger partial charge in [-0.1, -0.05) is 19.1 Å². The summed E-state index contributed by atoms with van der Waals surface area (Å²) in [6.45, 7) is 3.48. The quantitative estimate of drug-likeness (QED) is 0.756. The van der Waals surface area contributed by atoms with Crippen LogP contribution in [0.15, 0.2) is 24.3 Å². The molecule has 0 aromatic heterocycles. The summed E-state index contributed by atoms with van der Waals surface area (Å²) in [5.41, 5.74) is 1.26. The first-order valence-electron chi connectivity index (χ1n) is 8.22. The lowest BCUT2D eigenvalue weighted by molar-refractivity contribution is -0.144. The van der Waals surface area contributed by atoms with Crippen LogP contribution in [0.25, 0.3) is 0 Å². The first kappa shape index (κ1) is 17.3. The van der Waals surface area contributed by atoms with Gasteiger partial charge in [-0.15, -0.1) is 0 Å².